The van der Waals surface area contributed by atoms with Crippen molar-refractivity contribution in [1.82, 2.24) is 10.2 Å². The van der Waals surface area contributed by atoms with Gasteiger partial charge in [-0.3, -0.25) is 0 Å². The average Bonchev–Trinajstić information content (AvgIpc) is 2.81. The molecule has 6 heteroatoms. The zero-order valence-electron chi connectivity index (χ0n) is 8.89. The summed E-state index contributed by atoms with van der Waals surface area (Å²) in [6.07, 6.45) is 0. The smallest absolute Gasteiger partial charge is 0.160 e. The van der Waals surface area contributed by atoms with E-state index in [-0.39, 0.29) is 5.75 Å². The zero-order valence-corrected chi connectivity index (χ0v) is 10.5. The number of aromatic hydroxyl groups is 1. The van der Waals surface area contributed by atoms with Crippen LogP contribution in [0.3, 0.4) is 0 Å². The van der Waals surface area contributed by atoms with Crippen molar-refractivity contribution < 1.29 is 9.50 Å². The van der Waals surface area contributed by atoms with Crippen LogP contribution in [-0.4, -0.2) is 15.3 Å². The molecular weight excluding hydrogens is 275 g/mol. The molecule has 0 bridgehead atoms. The van der Waals surface area contributed by atoms with Crippen molar-refractivity contribution in [2.75, 3.05) is 0 Å². The fraction of sp³-hybridized carbons (Fsp3) is 0. The second kappa shape index (κ2) is 4.19. The van der Waals surface area contributed by atoms with Crippen molar-refractivity contribution in [2.45, 2.75) is 0 Å². The number of benzene rings is 1. The molecule has 0 amide bonds. The first-order chi connectivity index (χ1) is 8.66. The summed E-state index contributed by atoms with van der Waals surface area (Å²) in [7, 11) is 0. The van der Waals surface area contributed by atoms with Gasteiger partial charge >= 0.3 is 0 Å². The lowest BCUT2D eigenvalue weighted by Crippen LogP contribution is -1.90. The summed E-state index contributed by atoms with van der Waals surface area (Å²) < 4.78 is 13.8. The highest BCUT2D eigenvalue weighted by atomic mass is 35.5. The predicted octanol–water partition coefficient (Wildman–Crippen LogP) is 3.86. The maximum absolute atomic E-state index is 13.0. The predicted molar refractivity (Wildman–Crippen MR) is 69.5 cm³/mol. The lowest BCUT2D eigenvalue weighted by Gasteiger charge is -2.05. The number of halogens is 2. The fourth-order valence-corrected chi connectivity index (χ4v) is 2.88. The Morgan fingerprint density at radius 3 is 2.83 bits per heavy atom. The van der Waals surface area contributed by atoms with Gasteiger partial charge in [-0.05, 0) is 23.6 Å². The third kappa shape index (κ3) is 1.72. The van der Waals surface area contributed by atoms with Crippen LogP contribution in [0.1, 0.15) is 0 Å². The van der Waals surface area contributed by atoms with E-state index in [9.17, 15) is 9.50 Å². The second-order valence-electron chi connectivity index (χ2n) is 3.66. The fourth-order valence-electron chi connectivity index (χ4n) is 1.73. The highest BCUT2D eigenvalue weighted by Crippen LogP contribution is 2.37. The van der Waals surface area contributed by atoms with E-state index in [1.165, 1.54) is 23.5 Å². The molecule has 2 heterocycles. The minimum Gasteiger partial charge on any atom is -0.507 e. The Hall–Kier alpha value is -1.72. The molecule has 90 valence electrons. The van der Waals surface area contributed by atoms with E-state index in [1.54, 1.807) is 0 Å². The molecule has 0 fully saturated rings. The van der Waals surface area contributed by atoms with Gasteiger partial charge in [0.05, 0.1) is 4.70 Å². The molecule has 1 aromatic carbocycles. The monoisotopic (exact) mass is 280 g/mol. The van der Waals surface area contributed by atoms with Crippen molar-refractivity contribution >= 4 is 33.0 Å². The van der Waals surface area contributed by atoms with E-state index < -0.39 is 5.82 Å². The third-order valence-electron chi connectivity index (χ3n) is 2.56. The van der Waals surface area contributed by atoms with E-state index in [0.717, 1.165) is 16.2 Å². The summed E-state index contributed by atoms with van der Waals surface area (Å²) in [5.74, 6) is -0.665. The van der Waals surface area contributed by atoms with Crippen LogP contribution in [0.2, 0.25) is 5.15 Å². The van der Waals surface area contributed by atoms with E-state index >= 15 is 0 Å². The molecule has 0 spiro atoms. The molecule has 0 aliphatic heterocycles. The van der Waals surface area contributed by atoms with Crippen LogP contribution < -0.4 is 0 Å². The summed E-state index contributed by atoms with van der Waals surface area (Å²) in [6, 6.07) is 5.62. The van der Waals surface area contributed by atoms with E-state index in [1.807, 2.05) is 11.4 Å². The molecule has 2 aromatic heterocycles. The summed E-state index contributed by atoms with van der Waals surface area (Å²) in [6.45, 7) is 0. The molecule has 0 unspecified atom stereocenters. The average molecular weight is 281 g/mol. The first kappa shape index (κ1) is 11.4. The quantitative estimate of drug-likeness (QED) is 0.736. The number of fused-ring (bicyclic) bond motifs is 1. The van der Waals surface area contributed by atoms with E-state index in [4.69, 9.17) is 11.6 Å². The number of hydrogen-bond acceptors (Lipinski definition) is 4. The highest BCUT2D eigenvalue weighted by Gasteiger charge is 2.14. The van der Waals surface area contributed by atoms with E-state index in [2.05, 4.69) is 10.2 Å². The number of phenols is 1. The standard InChI is InChI=1S/C12H6ClFN2OS/c13-12-8-3-4-18-11(8)10(15-16-12)7-2-1-6(14)5-9(7)17/h1-5,17H. The topological polar surface area (TPSA) is 46.0 Å². The van der Waals surface area contributed by atoms with Gasteiger partial charge in [-0.25, -0.2) is 4.39 Å². The van der Waals surface area contributed by atoms with Gasteiger partial charge in [0.1, 0.15) is 17.3 Å². The van der Waals surface area contributed by atoms with Crippen LogP contribution in [0.5, 0.6) is 5.75 Å². The first-order valence-corrected chi connectivity index (χ1v) is 6.31. The van der Waals surface area contributed by atoms with Gasteiger partial charge < -0.3 is 5.11 Å². The van der Waals surface area contributed by atoms with Crippen LogP contribution in [-0.2, 0) is 0 Å². The minimum absolute atomic E-state index is 0.165. The SMILES string of the molecule is Oc1cc(F)ccc1-c1nnc(Cl)c2ccsc12. The van der Waals surface area contributed by atoms with Crippen LogP contribution in [0.25, 0.3) is 21.3 Å². The molecule has 0 atom stereocenters. The molecular formula is C12H6ClFN2OS. The number of aromatic nitrogens is 2. The van der Waals surface area contributed by atoms with Crippen LogP contribution in [0, 0.1) is 5.82 Å². The molecule has 0 aliphatic rings. The molecule has 0 saturated carbocycles. The maximum atomic E-state index is 13.0. The molecule has 0 saturated heterocycles. The van der Waals surface area contributed by atoms with Gasteiger partial charge in [-0.2, -0.15) is 0 Å². The Morgan fingerprint density at radius 1 is 1.22 bits per heavy atom. The second-order valence-corrected chi connectivity index (χ2v) is 4.94. The number of phenolic OH excluding ortho intramolecular Hbond substituents is 1. The number of nitrogens with zero attached hydrogens (tertiary/aromatic N) is 2. The molecule has 0 aliphatic carbocycles. The van der Waals surface area contributed by atoms with Gasteiger partial charge in [0.15, 0.2) is 5.15 Å². The van der Waals surface area contributed by atoms with E-state index in [0.29, 0.717) is 16.4 Å². The summed E-state index contributed by atoms with van der Waals surface area (Å²) in [4.78, 5) is 0. The van der Waals surface area contributed by atoms with Gasteiger partial charge in [-0.1, -0.05) is 11.6 Å². The van der Waals surface area contributed by atoms with Crippen molar-refractivity contribution in [3.05, 3.63) is 40.6 Å². The third-order valence-corrected chi connectivity index (χ3v) is 3.76. The van der Waals surface area contributed by atoms with Crippen LogP contribution in [0.15, 0.2) is 29.6 Å². The lowest BCUT2D eigenvalue weighted by atomic mass is 10.1. The lowest BCUT2D eigenvalue weighted by molar-refractivity contribution is 0.471. The van der Waals surface area contributed by atoms with Crippen molar-refractivity contribution in [3.8, 4) is 17.0 Å². The molecule has 3 nitrogen and oxygen atoms in total. The van der Waals surface area contributed by atoms with Gasteiger partial charge in [-0.15, -0.1) is 21.5 Å². The Labute approximate surface area is 110 Å². The first-order valence-electron chi connectivity index (χ1n) is 5.05. The Bertz CT molecular complexity index is 744. The van der Waals surface area contributed by atoms with Gasteiger partial charge in [0.2, 0.25) is 0 Å². The Morgan fingerprint density at radius 2 is 2.06 bits per heavy atom. The van der Waals surface area contributed by atoms with Crippen LogP contribution >= 0.6 is 22.9 Å². The summed E-state index contributed by atoms with van der Waals surface area (Å²) >= 11 is 7.38. The van der Waals surface area contributed by atoms with Crippen LogP contribution in [0.4, 0.5) is 4.39 Å². The van der Waals surface area contributed by atoms with Gasteiger partial charge in [0.25, 0.3) is 0 Å². The largest absolute Gasteiger partial charge is 0.507 e. The summed E-state index contributed by atoms with van der Waals surface area (Å²) in [5.41, 5.74) is 0.940. The minimum atomic E-state index is -0.499. The molecule has 3 aromatic rings. The Kier molecular flexibility index (Phi) is 2.65. The normalized spacial score (nSPS) is 11.0. The highest BCUT2D eigenvalue weighted by molar-refractivity contribution is 7.17. The van der Waals surface area contributed by atoms with Crippen molar-refractivity contribution in [3.63, 3.8) is 0 Å². The number of rotatable bonds is 1. The number of hydrogen-bond donors (Lipinski definition) is 1. The van der Waals surface area contributed by atoms with Gasteiger partial charge in [0, 0.05) is 17.0 Å². The molecule has 3 rings (SSSR count). The molecule has 0 radical (unpaired) electrons. The summed E-state index contributed by atoms with van der Waals surface area (Å²) in [5, 5.41) is 20.6. The van der Waals surface area contributed by atoms with Crippen molar-refractivity contribution in [1.29, 1.82) is 0 Å². The molecule has 18 heavy (non-hydrogen) atoms. The maximum Gasteiger partial charge on any atom is 0.160 e. The zero-order chi connectivity index (χ0) is 12.7. The van der Waals surface area contributed by atoms with Crippen molar-refractivity contribution in [2.24, 2.45) is 0 Å². The molecule has 1 N–H and O–H groups in total. The Balaban J connectivity index is 2.32. The number of thiophene rings is 1.